The molecule has 4 nitrogen and oxygen atoms in total. The van der Waals surface area contributed by atoms with Gasteiger partial charge >= 0.3 is 0 Å². The highest BCUT2D eigenvalue weighted by Gasteiger charge is 2.27. The Hall–Kier alpha value is -0.330. The van der Waals surface area contributed by atoms with Gasteiger partial charge in [-0.15, -0.1) is 0 Å². The first kappa shape index (κ1) is 16.0. The molecule has 0 unspecified atom stereocenters. The molecule has 2 rings (SSSR count). The van der Waals surface area contributed by atoms with Crippen LogP contribution in [0.2, 0.25) is 10.0 Å². The molecule has 1 aromatic carbocycles. The van der Waals surface area contributed by atoms with E-state index in [0.717, 1.165) is 25.9 Å². The maximum Gasteiger partial charge on any atom is 0.218 e. The average molecular weight is 337 g/mol. The SMILES string of the molecule is CN(C1CCNCC1)S(=O)(=O)Cc1ccc(Cl)c(Cl)c1. The smallest absolute Gasteiger partial charge is 0.218 e. The molecular formula is C13H18Cl2N2O2S. The quantitative estimate of drug-likeness (QED) is 0.918. The molecule has 1 heterocycles. The summed E-state index contributed by atoms with van der Waals surface area (Å²) in [5, 5.41) is 4.04. The highest BCUT2D eigenvalue weighted by molar-refractivity contribution is 7.88. The molecule has 0 spiro atoms. The maximum absolute atomic E-state index is 12.4. The van der Waals surface area contributed by atoms with Crippen molar-refractivity contribution < 1.29 is 8.42 Å². The monoisotopic (exact) mass is 336 g/mol. The van der Waals surface area contributed by atoms with Crippen molar-refractivity contribution in [2.24, 2.45) is 0 Å². The molecule has 0 bridgehead atoms. The van der Waals surface area contributed by atoms with Gasteiger partial charge in [0.25, 0.3) is 0 Å². The van der Waals surface area contributed by atoms with Gasteiger partial charge < -0.3 is 5.32 Å². The fourth-order valence-corrected chi connectivity index (χ4v) is 4.13. The minimum Gasteiger partial charge on any atom is -0.317 e. The van der Waals surface area contributed by atoms with Gasteiger partial charge in [-0.05, 0) is 43.6 Å². The Balaban J connectivity index is 2.11. The summed E-state index contributed by atoms with van der Waals surface area (Å²) in [6.45, 7) is 1.72. The summed E-state index contributed by atoms with van der Waals surface area (Å²) in [5.74, 6) is -0.0513. The fraction of sp³-hybridized carbons (Fsp3) is 0.538. The van der Waals surface area contributed by atoms with E-state index >= 15 is 0 Å². The van der Waals surface area contributed by atoms with E-state index in [-0.39, 0.29) is 11.8 Å². The second kappa shape index (κ2) is 6.62. The van der Waals surface area contributed by atoms with Crippen LogP contribution in [0, 0.1) is 0 Å². The minimum absolute atomic E-state index is 0.0513. The molecule has 0 atom stereocenters. The Morgan fingerprint density at radius 3 is 2.50 bits per heavy atom. The number of rotatable bonds is 4. The largest absolute Gasteiger partial charge is 0.317 e. The van der Waals surface area contributed by atoms with Crippen molar-refractivity contribution >= 4 is 33.2 Å². The van der Waals surface area contributed by atoms with Crippen LogP contribution in [-0.4, -0.2) is 38.9 Å². The Kier molecular flexibility index (Phi) is 5.31. The molecule has 1 aliphatic heterocycles. The van der Waals surface area contributed by atoms with Crippen LogP contribution >= 0.6 is 23.2 Å². The molecule has 1 N–H and O–H groups in total. The lowest BCUT2D eigenvalue weighted by Gasteiger charge is -2.30. The van der Waals surface area contributed by atoms with Crippen molar-refractivity contribution in [2.75, 3.05) is 20.1 Å². The lowest BCUT2D eigenvalue weighted by Crippen LogP contribution is -2.44. The second-order valence-electron chi connectivity index (χ2n) is 5.00. The van der Waals surface area contributed by atoms with Gasteiger partial charge in [0.05, 0.1) is 15.8 Å². The van der Waals surface area contributed by atoms with Gasteiger partial charge in [-0.3, -0.25) is 0 Å². The number of hydrogen-bond donors (Lipinski definition) is 1. The van der Waals surface area contributed by atoms with Crippen LogP contribution in [0.4, 0.5) is 0 Å². The lowest BCUT2D eigenvalue weighted by atomic mass is 10.1. The summed E-state index contributed by atoms with van der Waals surface area (Å²) in [6.07, 6.45) is 1.69. The molecule has 20 heavy (non-hydrogen) atoms. The molecule has 0 radical (unpaired) electrons. The van der Waals surface area contributed by atoms with Gasteiger partial charge in [-0.1, -0.05) is 29.3 Å². The van der Waals surface area contributed by atoms with Gasteiger partial charge in [-0.25, -0.2) is 12.7 Å². The number of hydrogen-bond acceptors (Lipinski definition) is 3. The zero-order chi connectivity index (χ0) is 14.8. The summed E-state index contributed by atoms with van der Waals surface area (Å²) >= 11 is 11.8. The maximum atomic E-state index is 12.4. The Morgan fingerprint density at radius 1 is 1.25 bits per heavy atom. The van der Waals surface area contributed by atoms with Gasteiger partial charge in [0.1, 0.15) is 0 Å². The number of sulfonamides is 1. The highest BCUT2D eigenvalue weighted by atomic mass is 35.5. The number of nitrogens with zero attached hydrogens (tertiary/aromatic N) is 1. The Bertz CT molecular complexity index is 572. The minimum atomic E-state index is -3.34. The molecule has 7 heteroatoms. The second-order valence-corrected chi connectivity index (χ2v) is 7.84. The molecule has 0 aromatic heterocycles. The topological polar surface area (TPSA) is 49.4 Å². The molecular weight excluding hydrogens is 319 g/mol. The summed E-state index contributed by atoms with van der Waals surface area (Å²) in [5.41, 5.74) is 0.653. The normalized spacial score (nSPS) is 17.6. The molecule has 1 saturated heterocycles. The third-order valence-electron chi connectivity index (χ3n) is 3.59. The van der Waals surface area contributed by atoms with Crippen molar-refractivity contribution in [3.8, 4) is 0 Å². The van der Waals surface area contributed by atoms with Gasteiger partial charge in [0.2, 0.25) is 10.0 Å². The third kappa shape index (κ3) is 3.86. The molecule has 0 aliphatic carbocycles. The van der Waals surface area contributed by atoms with Crippen LogP contribution in [0.15, 0.2) is 18.2 Å². The zero-order valence-corrected chi connectivity index (χ0v) is 13.6. The molecule has 1 aliphatic rings. The van der Waals surface area contributed by atoms with Crippen molar-refractivity contribution in [3.63, 3.8) is 0 Å². The van der Waals surface area contributed by atoms with Gasteiger partial charge in [-0.2, -0.15) is 0 Å². The van der Waals surface area contributed by atoms with E-state index in [1.165, 1.54) is 4.31 Å². The van der Waals surface area contributed by atoms with Crippen molar-refractivity contribution in [1.82, 2.24) is 9.62 Å². The van der Waals surface area contributed by atoms with Crippen LogP contribution in [-0.2, 0) is 15.8 Å². The van der Waals surface area contributed by atoms with Crippen LogP contribution in [0.1, 0.15) is 18.4 Å². The summed E-state index contributed by atoms with van der Waals surface area (Å²) in [7, 11) is -1.68. The Morgan fingerprint density at radius 2 is 1.90 bits per heavy atom. The first-order chi connectivity index (χ1) is 9.40. The van der Waals surface area contributed by atoms with Crippen molar-refractivity contribution in [2.45, 2.75) is 24.6 Å². The van der Waals surface area contributed by atoms with Crippen LogP contribution in [0.3, 0.4) is 0 Å². The van der Waals surface area contributed by atoms with Crippen molar-refractivity contribution in [3.05, 3.63) is 33.8 Å². The fourth-order valence-electron chi connectivity index (χ4n) is 2.34. The number of piperidine rings is 1. The summed E-state index contributed by atoms with van der Waals surface area (Å²) < 4.78 is 26.3. The summed E-state index contributed by atoms with van der Waals surface area (Å²) in [6, 6.07) is 5.00. The predicted molar refractivity (Wildman–Crippen MR) is 82.7 cm³/mol. The van der Waals surface area contributed by atoms with Crippen LogP contribution in [0.5, 0.6) is 0 Å². The Labute approximate surface area is 130 Å². The number of benzene rings is 1. The van der Waals surface area contributed by atoms with E-state index in [1.54, 1.807) is 25.2 Å². The zero-order valence-electron chi connectivity index (χ0n) is 11.3. The average Bonchev–Trinajstić information content (AvgIpc) is 2.43. The number of nitrogens with one attached hydrogen (secondary N) is 1. The van der Waals surface area contributed by atoms with E-state index in [9.17, 15) is 8.42 Å². The lowest BCUT2D eigenvalue weighted by molar-refractivity contribution is 0.296. The van der Waals surface area contributed by atoms with Gasteiger partial charge in [0.15, 0.2) is 0 Å². The highest BCUT2D eigenvalue weighted by Crippen LogP contribution is 2.24. The number of halogens is 2. The standard InChI is InChI=1S/C13H18Cl2N2O2S/c1-17(11-4-6-16-7-5-11)20(18,19)9-10-2-3-12(14)13(15)8-10/h2-3,8,11,16H,4-7,9H2,1H3. The molecule has 0 saturated carbocycles. The van der Waals surface area contributed by atoms with E-state index in [0.29, 0.717) is 15.6 Å². The molecule has 112 valence electrons. The van der Waals surface area contributed by atoms with E-state index < -0.39 is 10.0 Å². The van der Waals surface area contributed by atoms with Crippen molar-refractivity contribution in [1.29, 1.82) is 0 Å². The van der Waals surface area contributed by atoms with Crippen LogP contribution < -0.4 is 5.32 Å². The third-order valence-corrected chi connectivity index (χ3v) is 6.21. The van der Waals surface area contributed by atoms with E-state index in [4.69, 9.17) is 23.2 Å². The van der Waals surface area contributed by atoms with E-state index in [1.807, 2.05) is 0 Å². The summed E-state index contributed by atoms with van der Waals surface area (Å²) in [4.78, 5) is 0. The predicted octanol–water partition coefficient (Wildman–Crippen LogP) is 2.51. The molecule has 1 aromatic rings. The van der Waals surface area contributed by atoms with Crippen LogP contribution in [0.25, 0.3) is 0 Å². The first-order valence-corrected chi connectivity index (χ1v) is 8.87. The molecule has 0 amide bonds. The molecule has 1 fully saturated rings. The van der Waals surface area contributed by atoms with Gasteiger partial charge in [0, 0.05) is 13.1 Å². The first-order valence-electron chi connectivity index (χ1n) is 6.50. The van der Waals surface area contributed by atoms with E-state index in [2.05, 4.69) is 5.32 Å².